The van der Waals surface area contributed by atoms with Crippen LogP contribution in [0.25, 0.3) is 0 Å². The number of amides is 1. The van der Waals surface area contributed by atoms with Gasteiger partial charge in [-0.3, -0.25) is 9.36 Å². The van der Waals surface area contributed by atoms with Crippen LogP contribution >= 0.6 is 7.60 Å². The number of unbranched alkanes of at least 4 members (excludes halogenated alkanes) is 1. The predicted molar refractivity (Wildman–Crippen MR) is 54.2 cm³/mol. The van der Waals surface area contributed by atoms with E-state index in [4.69, 9.17) is 14.8 Å². The third kappa shape index (κ3) is 8.23. The van der Waals surface area contributed by atoms with Gasteiger partial charge >= 0.3 is 7.60 Å². The van der Waals surface area contributed by atoms with Crippen LogP contribution in [0.3, 0.4) is 0 Å². The highest BCUT2D eigenvalue weighted by atomic mass is 31.2. The Bertz CT molecular complexity index is 219. The summed E-state index contributed by atoms with van der Waals surface area (Å²) in [5.74, 6) is -0.474. The Balaban J connectivity index is 3.61. The minimum absolute atomic E-state index is 0.0508. The van der Waals surface area contributed by atoms with Crippen molar-refractivity contribution in [3.8, 4) is 0 Å². The molecule has 1 amide bonds. The van der Waals surface area contributed by atoms with Gasteiger partial charge in [0, 0.05) is 6.66 Å². The first-order valence-corrected chi connectivity index (χ1v) is 6.62. The van der Waals surface area contributed by atoms with Crippen LogP contribution < -0.4 is 5.73 Å². The van der Waals surface area contributed by atoms with E-state index < -0.39 is 13.5 Å². The number of hydrogen-bond donors (Lipinski definition) is 1. The van der Waals surface area contributed by atoms with Crippen LogP contribution in [0.2, 0.25) is 0 Å². The van der Waals surface area contributed by atoms with Gasteiger partial charge in [-0.05, 0) is 6.42 Å². The van der Waals surface area contributed by atoms with E-state index in [-0.39, 0.29) is 13.0 Å². The molecule has 0 saturated heterocycles. The first-order chi connectivity index (χ1) is 6.48. The van der Waals surface area contributed by atoms with E-state index in [1.807, 2.05) is 6.92 Å². The molecule has 0 aliphatic rings. The van der Waals surface area contributed by atoms with Gasteiger partial charge < -0.3 is 14.8 Å². The Kier molecular flexibility index (Phi) is 6.79. The third-order valence-corrected chi connectivity index (χ3v) is 2.80. The van der Waals surface area contributed by atoms with Crippen molar-refractivity contribution in [1.29, 1.82) is 0 Å². The van der Waals surface area contributed by atoms with E-state index in [0.717, 1.165) is 12.8 Å². The normalized spacial score (nSPS) is 15.0. The molecule has 84 valence electrons. The molecule has 0 heterocycles. The van der Waals surface area contributed by atoms with Crippen LogP contribution in [-0.4, -0.2) is 25.8 Å². The average molecular weight is 223 g/mol. The Labute approximate surface area is 84.5 Å². The van der Waals surface area contributed by atoms with E-state index in [2.05, 4.69) is 0 Å². The van der Waals surface area contributed by atoms with Crippen molar-refractivity contribution < 1.29 is 18.4 Å². The van der Waals surface area contributed by atoms with Crippen LogP contribution in [-0.2, 0) is 18.4 Å². The average Bonchev–Trinajstić information content (AvgIpc) is 2.03. The van der Waals surface area contributed by atoms with Gasteiger partial charge in [-0.1, -0.05) is 13.3 Å². The maximum Gasteiger partial charge on any atom is 0.327 e. The highest BCUT2D eigenvalue weighted by Gasteiger charge is 2.16. The second kappa shape index (κ2) is 6.98. The Morgan fingerprint density at radius 2 is 1.93 bits per heavy atom. The van der Waals surface area contributed by atoms with E-state index in [0.29, 0.717) is 6.61 Å². The highest BCUT2D eigenvalue weighted by molar-refractivity contribution is 7.52. The summed E-state index contributed by atoms with van der Waals surface area (Å²) in [4.78, 5) is 10.4. The zero-order valence-corrected chi connectivity index (χ0v) is 9.59. The van der Waals surface area contributed by atoms with E-state index >= 15 is 0 Å². The molecule has 0 fully saturated rings. The zero-order valence-electron chi connectivity index (χ0n) is 8.69. The summed E-state index contributed by atoms with van der Waals surface area (Å²) in [6.07, 6.45) is 1.88. The van der Waals surface area contributed by atoms with Crippen LogP contribution in [0, 0.1) is 0 Å². The molecular weight excluding hydrogens is 205 g/mol. The maximum absolute atomic E-state index is 11.5. The highest BCUT2D eigenvalue weighted by Crippen LogP contribution is 2.43. The molecule has 14 heavy (non-hydrogen) atoms. The fourth-order valence-electron chi connectivity index (χ4n) is 0.724. The third-order valence-electron chi connectivity index (χ3n) is 1.50. The van der Waals surface area contributed by atoms with Crippen molar-refractivity contribution in [1.82, 2.24) is 0 Å². The SMILES string of the molecule is CCCCOP(C)(=O)OCCC(N)=O. The first-order valence-electron chi connectivity index (χ1n) is 4.63. The van der Waals surface area contributed by atoms with Crippen molar-refractivity contribution in [3.05, 3.63) is 0 Å². The lowest BCUT2D eigenvalue weighted by Crippen LogP contribution is -2.13. The number of primary amides is 1. The lowest BCUT2D eigenvalue weighted by atomic mass is 10.4. The van der Waals surface area contributed by atoms with Gasteiger partial charge in [-0.25, -0.2) is 0 Å². The van der Waals surface area contributed by atoms with Crippen molar-refractivity contribution >= 4 is 13.5 Å². The molecule has 0 aliphatic carbocycles. The van der Waals surface area contributed by atoms with Crippen molar-refractivity contribution in [2.24, 2.45) is 5.73 Å². The first kappa shape index (κ1) is 13.6. The Morgan fingerprint density at radius 1 is 1.36 bits per heavy atom. The molecule has 0 rings (SSSR count). The fourth-order valence-corrected chi connectivity index (χ4v) is 1.68. The number of carbonyl (C=O) groups excluding carboxylic acids is 1. The molecule has 0 aromatic carbocycles. The molecule has 0 aliphatic heterocycles. The van der Waals surface area contributed by atoms with Gasteiger partial charge in [-0.2, -0.15) is 0 Å². The van der Waals surface area contributed by atoms with Crippen molar-refractivity contribution in [3.63, 3.8) is 0 Å². The summed E-state index contributed by atoms with van der Waals surface area (Å²) in [6.45, 7) is 3.87. The fraction of sp³-hybridized carbons (Fsp3) is 0.875. The van der Waals surface area contributed by atoms with Gasteiger partial charge in [-0.15, -0.1) is 0 Å². The molecule has 0 aromatic heterocycles. The number of hydrogen-bond acceptors (Lipinski definition) is 4. The van der Waals surface area contributed by atoms with Gasteiger partial charge in [0.05, 0.1) is 19.6 Å². The standard InChI is InChI=1S/C8H18NO4P/c1-3-4-6-12-14(2,11)13-7-5-8(9)10/h3-7H2,1-2H3,(H2,9,10). The monoisotopic (exact) mass is 223 g/mol. The largest absolute Gasteiger partial charge is 0.370 e. The molecule has 0 aromatic rings. The molecule has 0 spiro atoms. The van der Waals surface area contributed by atoms with Gasteiger partial charge in [0.2, 0.25) is 5.91 Å². The van der Waals surface area contributed by atoms with Gasteiger partial charge in [0.25, 0.3) is 0 Å². The Hall–Kier alpha value is -0.380. The van der Waals surface area contributed by atoms with Crippen LogP contribution in [0.15, 0.2) is 0 Å². The minimum Gasteiger partial charge on any atom is -0.370 e. The van der Waals surface area contributed by atoms with E-state index in [9.17, 15) is 9.36 Å². The smallest absolute Gasteiger partial charge is 0.327 e. The molecule has 0 saturated carbocycles. The lowest BCUT2D eigenvalue weighted by Gasteiger charge is -2.13. The summed E-state index contributed by atoms with van der Waals surface area (Å²) < 4.78 is 21.4. The summed E-state index contributed by atoms with van der Waals surface area (Å²) >= 11 is 0. The Morgan fingerprint density at radius 3 is 2.43 bits per heavy atom. The summed E-state index contributed by atoms with van der Waals surface area (Å²) in [5.41, 5.74) is 4.89. The minimum atomic E-state index is -2.99. The number of rotatable bonds is 8. The second-order valence-electron chi connectivity index (χ2n) is 3.01. The molecule has 0 radical (unpaired) electrons. The van der Waals surface area contributed by atoms with Crippen molar-refractivity contribution in [2.75, 3.05) is 19.9 Å². The molecular formula is C8H18NO4P. The topological polar surface area (TPSA) is 78.6 Å². The molecule has 6 heteroatoms. The van der Waals surface area contributed by atoms with Crippen LogP contribution in [0.4, 0.5) is 0 Å². The maximum atomic E-state index is 11.5. The van der Waals surface area contributed by atoms with Crippen molar-refractivity contribution in [2.45, 2.75) is 26.2 Å². The van der Waals surface area contributed by atoms with Crippen LogP contribution in [0.5, 0.6) is 0 Å². The summed E-state index contributed by atoms with van der Waals surface area (Å²) in [7, 11) is -2.99. The number of carbonyl (C=O) groups is 1. The molecule has 0 bridgehead atoms. The van der Waals surface area contributed by atoms with E-state index in [1.165, 1.54) is 6.66 Å². The van der Waals surface area contributed by atoms with Gasteiger partial charge in [0.15, 0.2) is 0 Å². The predicted octanol–water partition coefficient (Wildman–Crippen LogP) is 1.52. The lowest BCUT2D eigenvalue weighted by molar-refractivity contribution is -0.118. The summed E-state index contributed by atoms with van der Waals surface area (Å²) in [5, 5.41) is 0. The molecule has 2 N–H and O–H groups in total. The van der Waals surface area contributed by atoms with Crippen LogP contribution in [0.1, 0.15) is 26.2 Å². The van der Waals surface area contributed by atoms with Gasteiger partial charge in [0.1, 0.15) is 0 Å². The molecule has 5 nitrogen and oxygen atoms in total. The zero-order chi connectivity index (χ0) is 11.0. The molecule has 1 unspecified atom stereocenters. The van der Waals surface area contributed by atoms with E-state index in [1.54, 1.807) is 0 Å². The number of nitrogens with two attached hydrogens (primary N) is 1. The molecule has 1 atom stereocenters. The second-order valence-corrected chi connectivity index (χ2v) is 5.07. The quantitative estimate of drug-likeness (QED) is 0.499. The summed E-state index contributed by atoms with van der Waals surface area (Å²) in [6, 6.07) is 0.